The molecular formula is C24H21NO6. The van der Waals surface area contributed by atoms with Gasteiger partial charge in [0.25, 0.3) is 0 Å². The highest BCUT2D eigenvalue weighted by atomic mass is 16.5. The van der Waals surface area contributed by atoms with E-state index in [2.05, 4.69) is 0 Å². The molecule has 1 saturated heterocycles. The Balaban J connectivity index is 1.55. The molecule has 0 unspecified atom stereocenters. The van der Waals surface area contributed by atoms with E-state index in [0.717, 1.165) is 22.1 Å². The van der Waals surface area contributed by atoms with Crippen LogP contribution in [0.2, 0.25) is 0 Å². The van der Waals surface area contributed by atoms with Gasteiger partial charge >= 0.3 is 11.6 Å². The normalized spacial score (nSPS) is 13.8. The Morgan fingerprint density at radius 3 is 2.35 bits per heavy atom. The van der Waals surface area contributed by atoms with Crippen LogP contribution in [0.5, 0.6) is 5.75 Å². The lowest BCUT2D eigenvalue weighted by atomic mass is 10.1. The topological polar surface area (TPSA) is 93.9 Å². The summed E-state index contributed by atoms with van der Waals surface area (Å²) in [6.45, 7) is 3.97. The number of hydrogen-bond donors (Lipinski definition) is 0. The molecule has 0 saturated carbocycles. The molecule has 31 heavy (non-hydrogen) atoms. The molecule has 1 aromatic heterocycles. The number of amides is 2. The van der Waals surface area contributed by atoms with Crippen LogP contribution in [0.4, 0.5) is 0 Å². The molecule has 7 heteroatoms. The first-order valence-electron chi connectivity index (χ1n) is 10.1. The van der Waals surface area contributed by atoms with Crippen LogP contribution in [0.3, 0.4) is 0 Å². The van der Waals surface area contributed by atoms with E-state index < -0.39 is 11.6 Å². The monoisotopic (exact) mass is 419 g/mol. The van der Waals surface area contributed by atoms with Crippen LogP contribution in [-0.2, 0) is 22.6 Å². The summed E-state index contributed by atoms with van der Waals surface area (Å²) in [4.78, 5) is 49.1. The molecule has 2 aromatic carbocycles. The first-order valence-corrected chi connectivity index (χ1v) is 10.1. The van der Waals surface area contributed by atoms with Crippen molar-refractivity contribution in [3.05, 3.63) is 75.1 Å². The summed E-state index contributed by atoms with van der Waals surface area (Å²) in [5, 5.41) is 0.798. The lowest BCUT2D eigenvalue weighted by Crippen LogP contribution is -2.28. The molecule has 0 spiro atoms. The van der Waals surface area contributed by atoms with Gasteiger partial charge in [-0.2, -0.15) is 0 Å². The van der Waals surface area contributed by atoms with E-state index in [-0.39, 0.29) is 31.2 Å². The Morgan fingerprint density at radius 2 is 1.71 bits per heavy atom. The molecule has 2 heterocycles. The third-order valence-electron chi connectivity index (χ3n) is 5.40. The van der Waals surface area contributed by atoms with Gasteiger partial charge < -0.3 is 9.15 Å². The number of carbonyl (C=O) groups is 3. The summed E-state index contributed by atoms with van der Waals surface area (Å²) in [6.07, 6.45) is 1.12. The first kappa shape index (κ1) is 20.5. The van der Waals surface area contributed by atoms with Crippen molar-refractivity contribution in [3.63, 3.8) is 0 Å². The first-order chi connectivity index (χ1) is 14.9. The lowest BCUT2D eigenvalue weighted by Gasteiger charge is -2.14. The molecule has 158 valence electrons. The predicted octanol–water partition coefficient (Wildman–Crippen LogP) is 3.53. The summed E-state index contributed by atoms with van der Waals surface area (Å²) in [5.41, 5.74) is 2.59. The zero-order valence-corrected chi connectivity index (χ0v) is 17.3. The molecule has 1 fully saturated rings. The second-order valence-electron chi connectivity index (χ2n) is 7.52. The quantitative estimate of drug-likeness (QED) is 0.272. The van der Waals surface area contributed by atoms with E-state index in [1.54, 1.807) is 30.3 Å². The van der Waals surface area contributed by atoms with Gasteiger partial charge in [0.05, 0.1) is 12.1 Å². The molecule has 1 aliphatic heterocycles. The molecule has 1 aliphatic rings. The van der Waals surface area contributed by atoms with Gasteiger partial charge in [-0.15, -0.1) is 0 Å². The second-order valence-corrected chi connectivity index (χ2v) is 7.52. The van der Waals surface area contributed by atoms with E-state index in [1.165, 1.54) is 11.0 Å². The van der Waals surface area contributed by atoms with Crippen molar-refractivity contribution >= 4 is 28.8 Å². The van der Waals surface area contributed by atoms with Gasteiger partial charge in [0.15, 0.2) is 0 Å². The molecule has 0 radical (unpaired) electrons. The minimum Gasteiger partial charge on any atom is -0.423 e. The zero-order chi connectivity index (χ0) is 22.1. The van der Waals surface area contributed by atoms with Crippen molar-refractivity contribution in [1.29, 1.82) is 0 Å². The van der Waals surface area contributed by atoms with Crippen LogP contribution in [0, 0.1) is 6.92 Å². The van der Waals surface area contributed by atoms with Gasteiger partial charge in [0.2, 0.25) is 11.8 Å². The second kappa shape index (κ2) is 8.18. The van der Waals surface area contributed by atoms with Crippen LogP contribution >= 0.6 is 0 Å². The van der Waals surface area contributed by atoms with Crippen molar-refractivity contribution in [3.8, 4) is 5.75 Å². The molecule has 7 nitrogen and oxygen atoms in total. The number of imide groups is 1. The Kier molecular flexibility index (Phi) is 5.42. The van der Waals surface area contributed by atoms with E-state index in [9.17, 15) is 19.2 Å². The number of nitrogens with zero attached hydrogens (tertiary/aromatic N) is 1. The van der Waals surface area contributed by atoms with Crippen LogP contribution in [-0.4, -0.2) is 22.7 Å². The third kappa shape index (κ3) is 4.12. The Morgan fingerprint density at radius 1 is 1.03 bits per heavy atom. The average Bonchev–Trinajstić information content (AvgIpc) is 3.05. The predicted molar refractivity (Wildman–Crippen MR) is 113 cm³/mol. The van der Waals surface area contributed by atoms with Gasteiger partial charge in [-0.3, -0.25) is 14.5 Å². The number of rotatable bonds is 5. The molecule has 3 aromatic rings. The largest absolute Gasteiger partial charge is 0.423 e. The number of esters is 1. The van der Waals surface area contributed by atoms with Crippen LogP contribution in [0.15, 0.2) is 51.7 Å². The fraction of sp³-hybridized carbons (Fsp3) is 0.250. The molecule has 0 N–H and O–H groups in total. The smallest absolute Gasteiger partial charge is 0.343 e. The van der Waals surface area contributed by atoms with E-state index >= 15 is 0 Å². The summed E-state index contributed by atoms with van der Waals surface area (Å²) < 4.78 is 10.9. The van der Waals surface area contributed by atoms with Crippen molar-refractivity contribution in [2.45, 2.75) is 39.7 Å². The van der Waals surface area contributed by atoms with Crippen LogP contribution in [0.1, 0.15) is 46.8 Å². The standard InChI is InChI=1S/C24H21NO6/c1-3-16-11-18-14(2)10-23(28)30-20(18)12-19(16)31-24(29)17-6-4-15(5-7-17)13-25-21(26)8-9-22(25)27/h4-7,10-12H,3,8-9,13H2,1-2H3. The van der Waals surface area contributed by atoms with Gasteiger partial charge in [-0.25, -0.2) is 9.59 Å². The van der Waals surface area contributed by atoms with Gasteiger partial charge in [-0.05, 0) is 48.2 Å². The number of aryl methyl sites for hydroxylation is 2. The Hall–Kier alpha value is -3.74. The summed E-state index contributed by atoms with van der Waals surface area (Å²) in [6, 6.07) is 11.4. The number of carbonyl (C=O) groups excluding carboxylic acids is 3. The van der Waals surface area contributed by atoms with Crippen molar-refractivity contribution in [2.24, 2.45) is 0 Å². The van der Waals surface area contributed by atoms with E-state index in [4.69, 9.17) is 9.15 Å². The molecule has 2 amide bonds. The highest BCUT2D eigenvalue weighted by molar-refractivity contribution is 6.01. The Bertz CT molecular complexity index is 1240. The average molecular weight is 419 g/mol. The highest BCUT2D eigenvalue weighted by Crippen LogP contribution is 2.28. The SMILES string of the molecule is CCc1cc2c(C)cc(=O)oc2cc1OC(=O)c1ccc(CN2C(=O)CCC2=O)cc1. The number of benzene rings is 2. The van der Waals surface area contributed by atoms with Gasteiger partial charge in [0, 0.05) is 30.4 Å². The van der Waals surface area contributed by atoms with E-state index in [1.807, 2.05) is 19.9 Å². The van der Waals surface area contributed by atoms with Crippen molar-refractivity contribution < 1.29 is 23.5 Å². The molecule has 0 aliphatic carbocycles. The minimum atomic E-state index is -0.552. The number of ether oxygens (including phenoxy) is 1. The van der Waals surface area contributed by atoms with Crippen molar-refractivity contribution in [1.82, 2.24) is 4.90 Å². The fourth-order valence-electron chi connectivity index (χ4n) is 3.65. The zero-order valence-electron chi connectivity index (χ0n) is 17.3. The fourth-order valence-corrected chi connectivity index (χ4v) is 3.65. The van der Waals surface area contributed by atoms with E-state index in [0.29, 0.717) is 23.3 Å². The molecular weight excluding hydrogens is 398 g/mol. The minimum absolute atomic E-state index is 0.182. The molecule has 0 atom stereocenters. The maximum absolute atomic E-state index is 12.7. The van der Waals surface area contributed by atoms with Crippen LogP contribution < -0.4 is 10.4 Å². The summed E-state index contributed by atoms with van der Waals surface area (Å²) >= 11 is 0. The Labute approximate surface area is 178 Å². The number of likely N-dealkylation sites (tertiary alicyclic amines) is 1. The maximum Gasteiger partial charge on any atom is 0.343 e. The van der Waals surface area contributed by atoms with Gasteiger partial charge in [-0.1, -0.05) is 19.1 Å². The third-order valence-corrected chi connectivity index (χ3v) is 5.40. The maximum atomic E-state index is 12.7. The van der Waals surface area contributed by atoms with Gasteiger partial charge in [0.1, 0.15) is 11.3 Å². The lowest BCUT2D eigenvalue weighted by molar-refractivity contribution is -0.139. The molecule has 0 bridgehead atoms. The summed E-state index contributed by atoms with van der Waals surface area (Å²) in [7, 11) is 0. The number of fused-ring (bicyclic) bond motifs is 1. The van der Waals surface area contributed by atoms with Crippen molar-refractivity contribution in [2.75, 3.05) is 0 Å². The number of hydrogen-bond acceptors (Lipinski definition) is 6. The molecule has 4 rings (SSSR count). The van der Waals surface area contributed by atoms with Crippen LogP contribution in [0.25, 0.3) is 11.0 Å². The summed E-state index contributed by atoms with van der Waals surface area (Å²) in [5.74, 6) is -0.576. The highest BCUT2D eigenvalue weighted by Gasteiger charge is 2.28.